The second kappa shape index (κ2) is 10.3. The van der Waals surface area contributed by atoms with E-state index in [0.29, 0.717) is 22.3 Å². The summed E-state index contributed by atoms with van der Waals surface area (Å²) in [4.78, 5) is 30.8. The van der Waals surface area contributed by atoms with Gasteiger partial charge in [-0.1, -0.05) is 18.2 Å². The van der Waals surface area contributed by atoms with Gasteiger partial charge in [0.1, 0.15) is 6.61 Å². The fourth-order valence-corrected chi connectivity index (χ4v) is 4.08. The van der Waals surface area contributed by atoms with Crippen LogP contribution in [-0.4, -0.2) is 31.1 Å². The van der Waals surface area contributed by atoms with E-state index >= 15 is 0 Å². The van der Waals surface area contributed by atoms with Crippen LogP contribution in [0.2, 0.25) is 0 Å². The maximum Gasteiger partial charge on any atom is 0.310 e. The van der Waals surface area contributed by atoms with Crippen molar-refractivity contribution in [2.24, 2.45) is 0 Å². The molecule has 0 N–H and O–H groups in total. The Morgan fingerprint density at radius 3 is 2.50 bits per heavy atom. The van der Waals surface area contributed by atoms with Gasteiger partial charge in [-0.25, -0.2) is 4.98 Å². The zero-order chi connectivity index (χ0) is 23.3. The maximum atomic E-state index is 12.4. The number of ether oxygens (including phenoxy) is 3. The predicted octanol–water partition coefficient (Wildman–Crippen LogP) is 4.75. The smallest absolute Gasteiger partial charge is 0.310 e. The standard InChI is InChI=1S/C24H26N2O5S/c1-15-7-6-8-20(16(15)2)26(17(3)27)24-25-19(14-32-24)13-31-23(28)12-18-9-10-21(29-4)22(11-18)30-5/h6-11,14H,12-13H2,1-5H3. The van der Waals surface area contributed by atoms with Crippen molar-refractivity contribution in [1.29, 1.82) is 0 Å². The van der Waals surface area contributed by atoms with E-state index in [2.05, 4.69) is 4.98 Å². The Labute approximate surface area is 191 Å². The number of anilines is 2. The first-order valence-corrected chi connectivity index (χ1v) is 10.9. The number of rotatable bonds is 8. The molecule has 32 heavy (non-hydrogen) atoms. The number of esters is 1. The normalized spacial score (nSPS) is 10.5. The summed E-state index contributed by atoms with van der Waals surface area (Å²) in [6, 6.07) is 11.1. The van der Waals surface area contributed by atoms with Crippen LogP contribution >= 0.6 is 11.3 Å². The number of methoxy groups -OCH3 is 2. The Hall–Kier alpha value is -3.39. The van der Waals surface area contributed by atoms with Crippen LogP contribution in [0.1, 0.15) is 29.3 Å². The highest BCUT2D eigenvalue weighted by Crippen LogP contribution is 2.32. The van der Waals surface area contributed by atoms with E-state index in [-0.39, 0.29) is 24.9 Å². The van der Waals surface area contributed by atoms with Crippen molar-refractivity contribution >= 4 is 34.0 Å². The molecule has 1 heterocycles. The van der Waals surface area contributed by atoms with E-state index in [1.807, 2.05) is 32.0 Å². The summed E-state index contributed by atoms with van der Waals surface area (Å²) in [5, 5.41) is 2.33. The first-order valence-electron chi connectivity index (χ1n) is 10.0. The van der Waals surface area contributed by atoms with Gasteiger partial charge in [0.2, 0.25) is 5.91 Å². The molecule has 0 aliphatic heterocycles. The molecule has 3 aromatic rings. The van der Waals surface area contributed by atoms with Gasteiger partial charge in [0, 0.05) is 12.3 Å². The van der Waals surface area contributed by atoms with Crippen molar-refractivity contribution in [1.82, 2.24) is 4.98 Å². The third kappa shape index (κ3) is 5.26. The number of hydrogen-bond donors (Lipinski definition) is 0. The summed E-state index contributed by atoms with van der Waals surface area (Å²) < 4.78 is 15.9. The average Bonchev–Trinajstić information content (AvgIpc) is 3.23. The lowest BCUT2D eigenvalue weighted by molar-refractivity contribution is -0.144. The van der Waals surface area contributed by atoms with Gasteiger partial charge in [0.25, 0.3) is 0 Å². The minimum atomic E-state index is -0.385. The summed E-state index contributed by atoms with van der Waals surface area (Å²) in [5.41, 5.74) is 4.24. The third-order valence-electron chi connectivity index (χ3n) is 5.04. The van der Waals surface area contributed by atoms with Crippen LogP contribution in [0.25, 0.3) is 0 Å². The number of aryl methyl sites for hydroxylation is 1. The minimum Gasteiger partial charge on any atom is -0.493 e. The van der Waals surface area contributed by atoms with Crippen molar-refractivity contribution in [3.05, 3.63) is 64.2 Å². The average molecular weight is 455 g/mol. The van der Waals surface area contributed by atoms with Crippen molar-refractivity contribution in [3.63, 3.8) is 0 Å². The van der Waals surface area contributed by atoms with Crippen LogP contribution in [0.4, 0.5) is 10.8 Å². The molecule has 0 bridgehead atoms. The maximum absolute atomic E-state index is 12.4. The number of amides is 1. The highest BCUT2D eigenvalue weighted by molar-refractivity contribution is 7.14. The van der Waals surface area contributed by atoms with Crippen molar-refractivity contribution < 1.29 is 23.8 Å². The molecular formula is C24H26N2O5S. The molecule has 0 aliphatic carbocycles. The third-order valence-corrected chi connectivity index (χ3v) is 5.91. The quantitative estimate of drug-likeness (QED) is 0.457. The van der Waals surface area contributed by atoms with Gasteiger partial charge in [0.15, 0.2) is 16.6 Å². The molecule has 0 saturated carbocycles. The molecule has 8 heteroatoms. The van der Waals surface area contributed by atoms with Gasteiger partial charge in [-0.2, -0.15) is 0 Å². The molecule has 1 aromatic heterocycles. The molecule has 0 aliphatic rings. The Balaban J connectivity index is 1.67. The van der Waals surface area contributed by atoms with E-state index < -0.39 is 0 Å². The van der Waals surface area contributed by atoms with E-state index in [9.17, 15) is 9.59 Å². The van der Waals surface area contributed by atoms with Crippen molar-refractivity contribution in [3.8, 4) is 11.5 Å². The van der Waals surface area contributed by atoms with E-state index in [1.165, 1.54) is 18.3 Å². The number of benzene rings is 2. The molecule has 0 saturated heterocycles. The van der Waals surface area contributed by atoms with Gasteiger partial charge >= 0.3 is 5.97 Å². The van der Waals surface area contributed by atoms with E-state index in [1.54, 1.807) is 42.7 Å². The van der Waals surface area contributed by atoms with Crippen LogP contribution in [0.5, 0.6) is 11.5 Å². The summed E-state index contributed by atoms with van der Waals surface area (Å²) in [7, 11) is 3.10. The molecule has 0 atom stereocenters. The predicted molar refractivity (Wildman–Crippen MR) is 124 cm³/mol. The Morgan fingerprint density at radius 2 is 1.81 bits per heavy atom. The number of aromatic nitrogens is 1. The van der Waals surface area contributed by atoms with Crippen molar-refractivity contribution in [2.45, 2.75) is 33.8 Å². The second-order valence-corrected chi connectivity index (χ2v) is 8.06. The minimum absolute atomic E-state index is 0.0289. The SMILES string of the molecule is COc1ccc(CC(=O)OCc2csc(N(C(C)=O)c3cccc(C)c3C)n2)cc1OC. The first-order chi connectivity index (χ1) is 15.3. The monoisotopic (exact) mass is 454 g/mol. The molecule has 0 spiro atoms. The lowest BCUT2D eigenvalue weighted by atomic mass is 10.1. The fraction of sp³-hybridized carbons (Fsp3) is 0.292. The van der Waals surface area contributed by atoms with Gasteiger partial charge in [-0.05, 0) is 48.7 Å². The molecule has 2 aromatic carbocycles. The molecule has 0 unspecified atom stereocenters. The molecule has 168 valence electrons. The topological polar surface area (TPSA) is 78.0 Å². The molecule has 0 fully saturated rings. The summed E-state index contributed by atoms with van der Waals surface area (Å²) >= 11 is 1.33. The molecule has 0 radical (unpaired) electrons. The van der Waals surface area contributed by atoms with E-state index in [4.69, 9.17) is 14.2 Å². The van der Waals surface area contributed by atoms with E-state index in [0.717, 1.165) is 22.4 Å². The zero-order valence-electron chi connectivity index (χ0n) is 18.8. The van der Waals surface area contributed by atoms with Crippen LogP contribution in [-0.2, 0) is 27.4 Å². The van der Waals surface area contributed by atoms with Gasteiger partial charge in [-0.15, -0.1) is 11.3 Å². The Kier molecular flexibility index (Phi) is 7.48. The van der Waals surface area contributed by atoms with Crippen LogP contribution < -0.4 is 14.4 Å². The first kappa shape index (κ1) is 23.3. The summed E-state index contributed by atoms with van der Waals surface area (Å²) in [5.74, 6) is 0.631. The van der Waals surface area contributed by atoms with Gasteiger partial charge < -0.3 is 14.2 Å². The number of nitrogens with zero attached hydrogens (tertiary/aromatic N) is 2. The molecular weight excluding hydrogens is 428 g/mol. The number of thiazole rings is 1. The van der Waals surface area contributed by atoms with Gasteiger partial charge in [0.05, 0.1) is 32.0 Å². The second-order valence-electron chi connectivity index (χ2n) is 7.22. The highest BCUT2D eigenvalue weighted by Gasteiger charge is 2.20. The number of hydrogen-bond acceptors (Lipinski definition) is 7. The molecule has 7 nitrogen and oxygen atoms in total. The van der Waals surface area contributed by atoms with Gasteiger partial charge in [-0.3, -0.25) is 14.5 Å². The highest BCUT2D eigenvalue weighted by atomic mass is 32.1. The zero-order valence-corrected chi connectivity index (χ0v) is 19.6. The summed E-state index contributed by atoms with van der Waals surface area (Å²) in [6.07, 6.45) is 0.0966. The van der Waals surface area contributed by atoms with Crippen molar-refractivity contribution in [2.75, 3.05) is 19.1 Å². The summed E-state index contributed by atoms with van der Waals surface area (Å²) in [6.45, 7) is 5.51. The van der Waals surface area contributed by atoms with Crippen LogP contribution in [0, 0.1) is 13.8 Å². The Bertz CT molecular complexity index is 1130. The number of carbonyl (C=O) groups excluding carboxylic acids is 2. The fourth-order valence-electron chi connectivity index (χ4n) is 3.21. The molecule has 1 amide bonds. The number of carbonyl (C=O) groups is 2. The lowest BCUT2D eigenvalue weighted by Gasteiger charge is -2.21. The lowest BCUT2D eigenvalue weighted by Crippen LogP contribution is -2.23. The Morgan fingerprint density at radius 1 is 1.06 bits per heavy atom. The van der Waals surface area contributed by atoms with Crippen LogP contribution in [0.3, 0.4) is 0 Å². The molecule has 3 rings (SSSR count). The largest absolute Gasteiger partial charge is 0.493 e. The van der Waals surface area contributed by atoms with Crippen LogP contribution in [0.15, 0.2) is 41.8 Å².